The minimum atomic E-state index is 0.132. The summed E-state index contributed by atoms with van der Waals surface area (Å²) in [5.74, 6) is 1.66. The van der Waals surface area contributed by atoms with Gasteiger partial charge in [0.05, 0.1) is 24.9 Å². The second kappa shape index (κ2) is 4.31. The first kappa shape index (κ1) is 11.2. The predicted octanol–water partition coefficient (Wildman–Crippen LogP) is 2.28. The Hall–Kier alpha value is -1.26. The van der Waals surface area contributed by atoms with Crippen molar-refractivity contribution >= 4 is 17.1 Å². The summed E-state index contributed by atoms with van der Waals surface area (Å²) in [5, 5.41) is 3.66. The number of ether oxygens (including phenoxy) is 1. The lowest BCUT2D eigenvalue weighted by molar-refractivity contribution is 0.412. The molecule has 0 spiro atoms. The van der Waals surface area contributed by atoms with Crippen LogP contribution in [0.15, 0.2) is 18.3 Å². The number of nitrogens with zero attached hydrogens (tertiary/aromatic N) is 2. The Balaban J connectivity index is 2.65. The molecule has 2 aromatic heterocycles. The van der Waals surface area contributed by atoms with Gasteiger partial charge in [-0.15, -0.1) is 0 Å². The van der Waals surface area contributed by atoms with Gasteiger partial charge >= 0.3 is 0 Å². The van der Waals surface area contributed by atoms with Crippen LogP contribution >= 0.6 is 11.6 Å². The quantitative estimate of drug-likeness (QED) is 0.893. The molecule has 0 aliphatic carbocycles. The smallest absolute Gasteiger partial charge is 0.155 e. The average Bonchev–Trinajstić information content (AvgIpc) is 2.65. The molecule has 1 atom stereocenters. The van der Waals surface area contributed by atoms with Crippen LogP contribution in [0.1, 0.15) is 18.8 Å². The van der Waals surface area contributed by atoms with Crippen LogP contribution in [-0.4, -0.2) is 23.5 Å². The maximum atomic E-state index is 6.07. The SMILES string of the molecule is CNC(C)c1nc(Cl)c2ccc(OC)cn12. The van der Waals surface area contributed by atoms with Crippen LogP contribution < -0.4 is 10.1 Å². The van der Waals surface area contributed by atoms with Crippen molar-refractivity contribution in [1.29, 1.82) is 0 Å². The van der Waals surface area contributed by atoms with Crippen LogP contribution in [0.4, 0.5) is 0 Å². The summed E-state index contributed by atoms with van der Waals surface area (Å²) in [4.78, 5) is 4.35. The lowest BCUT2D eigenvalue weighted by Crippen LogP contribution is -2.15. The molecular formula is C11H14ClN3O. The number of pyridine rings is 1. The predicted molar refractivity (Wildman–Crippen MR) is 64.2 cm³/mol. The molecular weight excluding hydrogens is 226 g/mol. The average molecular weight is 240 g/mol. The zero-order chi connectivity index (χ0) is 11.7. The van der Waals surface area contributed by atoms with Crippen molar-refractivity contribution in [3.8, 4) is 5.75 Å². The number of fused-ring (bicyclic) bond motifs is 1. The molecule has 0 aliphatic heterocycles. The van der Waals surface area contributed by atoms with Gasteiger partial charge < -0.3 is 10.1 Å². The summed E-state index contributed by atoms with van der Waals surface area (Å²) in [7, 11) is 3.53. The molecule has 0 aromatic carbocycles. The maximum absolute atomic E-state index is 6.07. The van der Waals surface area contributed by atoms with E-state index in [0.717, 1.165) is 17.1 Å². The molecule has 0 bridgehead atoms. The molecule has 0 fully saturated rings. The third-order valence-corrected chi connectivity index (χ3v) is 2.93. The fourth-order valence-corrected chi connectivity index (χ4v) is 1.85. The second-order valence-electron chi connectivity index (χ2n) is 3.60. The first-order valence-electron chi connectivity index (χ1n) is 5.06. The van der Waals surface area contributed by atoms with Crippen LogP contribution in [0.5, 0.6) is 5.75 Å². The van der Waals surface area contributed by atoms with E-state index in [2.05, 4.69) is 10.3 Å². The van der Waals surface area contributed by atoms with E-state index < -0.39 is 0 Å². The van der Waals surface area contributed by atoms with Gasteiger partial charge in [0.25, 0.3) is 0 Å². The summed E-state index contributed by atoms with van der Waals surface area (Å²) < 4.78 is 7.13. The van der Waals surface area contributed by atoms with Crippen molar-refractivity contribution in [2.45, 2.75) is 13.0 Å². The third-order valence-electron chi connectivity index (χ3n) is 2.65. The Kier molecular flexibility index (Phi) is 3.03. The summed E-state index contributed by atoms with van der Waals surface area (Å²) in [6.45, 7) is 2.03. The number of imidazole rings is 1. The fourth-order valence-electron chi connectivity index (χ4n) is 1.61. The Morgan fingerprint density at radius 2 is 2.25 bits per heavy atom. The number of aromatic nitrogens is 2. The van der Waals surface area contributed by atoms with Crippen molar-refractivity contribution in [2.75, 3.05) is 14.2 Å². The lowest BCUT2D eigenvalue weighted by Gasteiger charge is -2.09. The molecule has 0 saturated heterocycles. The van der Waals surface area contributed by atoms with E-state index >= 15 is 0 Å². The number of hydrogen-bond acceptors (Lipinski definition) is 3. The van der Waals surface area contributed by atoms with Crippen molar-refractivity contribution < 1.29 is 4.74 Å². The number of halogens is 1. The van der Waals surface area contributed by atoms with Crippen molar-refractivity contribution in [2.24, 2.45) is 0 Å². The van der Waals surface area contributed by atoms with Gasteiger partial charge in [-0.2, -0.15) is 0 Å². The molecule has 4 nitrogen and oxygen atoms in total. The van der Waals surface area contributed by atoms with E-state index in [4.69, 9.17) is 16.3 Å². The van der Waals surface area contributed by atoms with Gasteiger partial charge in [0.15, 0.2) is 5.15 Å². The van der Waals surface area contributed by atoms with Crippen LogP contribution in [-0.2, 0) is 0 Å². The zero-order valence-corrected chi connectivity index (χ0v) is 10.2. The Labute approximate surface area is 99.2 Å². The number of nitrogens with one attached hydrogen (secondary N) is 1. The normalized spacial score (nSPS) is 13.0. The molecule has 2 rings (SSSR count). The summed E-state index contributed by atoms with van der Waals surface area (Å²) in [5.41, 5.74) is 0.888. The van der Waals surface area contributed by atoms with Crippen LogP contribution in [0.25, 0.3) is 5.52 Å². The van der Waals surface area contributed by atoms with E-state index in [9.17, 15) is 0 Å². The highest BCUT2D eigenvalue weighted by molar-refractivity contribution is 6.32. The Morgan fingerprint density at radius 1 is 1.50 bits per heavy atom. The maximum Gasteiger partial charge on any atom is 0.155 e. The monoisotopic (exact) mass is 239 g/mol. The number of rotatable bonds is 3. The van der Waals surface area contributed by atoms with Crippen LogP contribution in [0, 0.1) is 0 Å². The zero-order valence-electron chi connectivity index (χ0n) is 9.49. The number of hydrogen-bond donors (Lipinski definition) is 1. The van der Waals surface area contributed by atoms with E-state index in [1.54, 1.807) is 7.11 Å². The van der Waals surface area contributed by atoms with Crippen LogP contribution in [0.2, 0.25) is 5.15 Å². The third kappa shape index (κ3) is 1.74. The van der Waals surface area contributed by atoms with Gasteiger partial charge in [0, 0.05) is 0 Å². The molecule has 86 valence electrons. The first-order valence-corrected chi connectivity index (χ1v) is 5.44. The lowest BCUT2D eigenvalue weighted by atomic mass is 10.3. The van der Waals surface area contributed by atoms with Gasteiger partial charge in [-0.05, 0) is 26.1 Å². The molecule has 0 radical (unpaired) electrons. The highest BCUT2D eigenvalue weighted by atomic mass is 35.5. The van der Waals surface area contributed by atoms with E-state index in [0.29, 0.717) is 5.15 Å². The van der Waals surface area contributed by atoms with Gasteiger partial charge in [0.1, 0.15) is 11.6 Å². The van der Waals surface area contributed by atoms with Gasteiger partial charge in [-0.1, -0.05) is 11.6 Å². The van der Waals surface area contributed by atoms with Crippen LogP contribution in [0.3, 0.4) is 0 Å². The molecule has 2 heterocycles. The topological polar surface area (TPSA) is 38.6 Å². The minimum Gasteiger partial charge on any atom is -0.495 e. The summed E-state index contributed by atoms with van der Waals surface area (Å²) in [6, 6.07) is 3.91. The van der Waals surface area contributed by atoms with E-state index in [1.807, 2.05) is 36.7 Å². The van der Waals surface area contributed by atoms with Gasteiger partial charge in [-0.25, -0.2) is 4.98 Å². The molecule has 2 aromatic rings. The largest absolute Gasteiger partial charge is 0.495 e. The fraction of sp³-hybridized carbons (Fsp3) is 0.364. The first-order chi connectivity index (χ1) is 7.67. The molecule has 0 amide bonds. The molecule has 5 heteroatoms. The van der Waals surface area contributed by atoms with Crippen molar-refractivity contribution in [3.05, 3.63) is 29.3 Å². The molecule has 16 heavy (non-hydrogen) atoms. The molecule has 1 N–H and O–H groups in total. The molecule has 0 aliphatic rings. The minimum absolute atomic E-state index is 0.132. The molecule has 1 unspecified atom stereocenters. The summed E-state index contributed by atoms with van der Waals surface area (Å²) >= 11 is 6.07. The van der Waals surface area contributed by atoms with Crippen molar-refractivity contribution in [1.82, 2.24) is 14.7 Å². The number of methoxy groups -OCH3 is 1. The molecule has 0 saturated carbocycles. The van der Waals surface area contributed by atoms with Gasteiger partial charge in [-0.3, -0.25) is 4.40 Å². The Bertz CT molecular complexity index is 509. The van der Waals surface area contributed by atoms with E-state index in [-0.39, 0.29) is 6.04 Å². The highest BCUT2D eigenvalue weighted by Crippen LogP contribution is 2.24. The van der Waals surface area contributed by atoms with Gasteiger partial charge in [0.2, 0.25) is 0 Å². The second-order valence-corrected chi connectivity index (χ2v) is 3.95. The highest BCUT2D eigenvalue weighted by Gasteiger charge is 2.14. The standard InChI is InChI=1S/C11H14ClN3O/c1-7(13-2)11-14-10(12)9-5-4-8(16-3)6-15(9)11/h4-7,13H,1-3H3. The van der Waals surface area contributed by atoms with E-state index in [1.165, 1.54) is 0 Å². The Morgan fingerprint density at radius 3 is 2.88 bits per heavy atom. The summed E-state index contributed by atoms with van der Waals surface area (Å²) in [6.07, 6.45) is 1.89. The van der Waals surface area contributed by atoms with Crippen molar-refractivity contribution in [3.63, 3.8) is 0 Å².